The van der Waals surface area contributed by atoms with E-state index in [9.17, 15) is 14.4 Å². The van der Waals surface area contributed by atoms with Crippen molar-refractivity contribution in [3.05, 3.63) is 59.7 Å². The standard InChI is InChI=1S/C20H20N2O6/c1-26-16-10-6-9-14(18(16)27-2)19(24)21-15(13-7-4-3-5-8-13)11-22-17(23)12-28-20(22)25/h3-10,15H,11-12H2,1-2H3,(H,21,24). The van der Waals surface area contributed by atoms with Gasteiger partial charge >= 0.3 is 6.09 Å². The number of carbonyl (C=O) groups is 3. The van der Waals surface area contributed by atoms with Gasteiger partial charge in [0.1, 0.15) is 0 Å². The second-order valence-corrected chi connectivity index (χ2v) is 6.04. The van der Waals surface area contributed by atoms with Gasteiger partial charge in [-0.15, -0.1) is 0 Å². The summed E-state index contributed by atoms with van der Waals surface area (Å²) in [5.74, 6) is -0.153. The van der Waals surface area contributed by atoms with Gasteiger partial charge < -0.3 is 19.5 Å². The minimum atomic E-state index is -0.723. The van der Waals surface area contributed by atoms with Crippen LogP contribution in [0.15, 0.2) is 48.5 Å². The molecule has 8 heteroatoms. The van der Waals surface area contributed by atoms with Gasteiger partial charge in [0, 0.05) is 0 Å². The van der Waals surface area contributed by atoms with Gasteiger partial charge in [-0.05, 0) is 17.7 Å². The van der Waals surface area contributed by atoms with Crippen LogP contribution >= 0.6 is 0 Å². The lowest BCUT2D eigenvalue weighted by atomic mass is 10.1. The number of nitrogens with zero attached hydrogens (tertiary/aromatic N) is 1. The quantitative estimate of drug-likeness (QED) is 0.786. The minimum Gasteiger partial charge on any atom is -0.493 e. The Balaban J connectivity index is 1.89. The molecule has 0 radical (unpaired) electrons. The minimum absolute atomic E-state index is 0.0420. The molecule has 1 aliphatic rings. The van der Waals surface area contributed by atoms with E-state index in [0.29, 0.717) is 11.5 Å². The fourth-order valence-electron chi connectivity index (χ4n) is 2.96. The molecule has 3 amide bonds. The molecule has 3 rings (SSSR count). The highest BCUT2D eigenvalue weighted by atomic mass is 16.6. The van der Waals surface area contributed by atoms with Gasteiger partial charge in [-0.1, -0.05) is 36.4 Å². The summed E-state index contributed by atoms with van der Waals surface area (Å²) in [7, 11) is 2.93. The second kappa shape index (κ2) is 8.43. The summed E-state index contributed by atoms with van der Waals surface area (Å²) in [6.07, 6.45) is -0.723. The van der Waals surface area contributed by atoms with Crippen LogP contribution < -0.4 is 14.8 Å². The molecule has 0 spiro atoms. The zero-order chi connectivity index (χ0) is 20.1. The zero-order valence-electron chi connectivity index (χ0n) is 15.5. The Morgan fingerprint density at radius 3 is 2.46 bits per heavy atom. The summed E-state index contributed by atoms with van der Waals surface area (Å²) in [6, 6.07) is 13.4. The third-order valence-corrected chi connectivity index (χ3v) is 4.36. The van der Waals surface area contributed by atoms with Crippen molar-refractivity contribution in [3.8, 4) is 11.5 Å². The topological polar surface area (TPSA) is 94.2 Å². The summed E-state index contributed by atoms with van der Waals surface area (Å²) in [4.78, 5) is 37.7. The Morgan fingerprint density at radius 1 is 1.11 bits per heavy atom. The average Bonchev–Trinajstić information content (AvgIpc) is 3.05. The molecular weight excluding hydrogens is 364 g/mol. The van der Waals surface area contributed by atoms with Gasteiger partial charge in [-0.2, -0.15) is 0 Å². The summed E-state index contributed by atoms with van der Waals surface area (Å²) in [6.45, 7) is -0.336. The molecule has 2 aromatic rings. The van der Waals surface area contributed by atoms with Crippen molar-refractivity contribution in [2.24, 2.45) is 0 Å². The summed E-state index contributed by atoms with van der Waals surface area (Å²) in [5, 5.41) is 2.87. The number of para-hydroxylation sites is 1. The van der Waals surface area contributed by atoms with Gasteiger partial charge in [-0.25, -0.2) is 9.69 Å². The zero-order valence-corrected chi connectivity index (χ0v) is 15.5. The Hall–Kier alpha value is -3.55. The highest BCUT2D eigenvalue weighted by Crippen LogP contribution is 2.31. The SMILES string of the molecule is COc1cccc(C(=O)NC(CN2C(=O)COC2=O)c2ccccc2)c1OC. The van der Waals surface area contributed by atoms with Gasteiger partial charge in [0.15, 0.2) is 18.1 Å². The molecule has 1 unspecified atom stereocenters. The number of nitrogens with one attached hydrogen (secondary N) is 1. The molecule has 1 aliphatic heterocycles. The van der Waals surface area contributed by atoms with Crippen LogP contribution in [0.5, 0.6) is 11.5 Å². The Morgan fingerprint density at radius 2 is 1.86 bits per heavy atom. The maximum Gasteiger partial charge on any atom is 0.417 e. The average molecular weight is 384 g/mol. The van der Waals surface area contributed by atoms with Crippen molar-refractivity contribution in [1.82, 2.24) is 10.2 Å². The number of methoxy groups -OCH3 is 2. The summed E-state index contributed by atoms with van der Waals surface area (Å²) in [5.41, 5.74) is 1.02. The molecule has 1 atom stereocenters. The van der Waals surface area contributed by atoms with E-state index >= 15 is 0 Å². The van der Waals surface area contributed by atoms with Gasteiger partial charge in [0.25, 0.3) is 11.8 Å². The number of hydrogen-bond acceptors (Lipinski definition) is 6. The number of carbonyl (C=O) groups excluding carboxylic acids is 3. The number of hydrogen-bond donors (Lipinski definition) is 1. The highest BCUT2D eigenvalue weighted by Gasteiger charge is 2.34. The number of benzene rings is 2. The van der Waals surface area contributed by atoms with Crippen molar-refractivity contribution >= 4 is 17.9 Å². The smallest absolute Gasteiger partial charge is 0.417 e. The highest BCUT2D eigenvalue weighted by molar-refractivity contribution is 5.99. The third-order valence-electron chi connectivity index (χ3n) is 4.36. The number of imide groups is 1. The van der Waals surface area contributed by atoms with Crippen LogP contribution in [-0.2, 0) is 9.53 Å². The molecule has 28 heavy (non-hydrogen) atoms. The molecule has 8 nitrogen and oxygen atoms in total. The lowest BCUT2D eigenvalue weighted by molar-refractivity contribution is -0.126. The van der Waals surface area contributed by atoms with E-state index < -0.39 is 23.9 Å². The van der Waals surface area contributed by atoms with E-state index in [4.69, 9.17) is 14.2 Å². The molecule has 1 saturated heterocycles. The van der Waals surface area contributed by atoms with Crippen molar-refractivity contribution in [3.63, 3.8) is 0 Å². The van der Waals surface area contributed by atoms with Gasteiger partial charge in [0.2, 0.25) is 0 Å². The van der Waals surface area contributed by atoms with Crippen LogP contribution in [0.25, 0.3) is 0 Å². The molecule has 146 valence electrons. The summed E-state index contributed by atoms with van der Waals surface area (Å²) < 4.78 is 15.3. The Labute approximate surface area is 162 Å². The fourth-order valence-corrected chi connectivity index (χ4v) is 2.96. The lowest BCUT2D eigenvalue weighted by Crippen LogP contribution is -2.40. The predicted octanol–water partition coefficient (Wildman–Crippen LogP) is 2.15. The van der Waals surface area contributed by atoms with Gasteiger partial charge in [-0.3, -0.25) is 9.59 Å². The van der Waals surface area contributed by atoms with Crippen molar-refractivity contribution in [1.29, 1.82) is 0 Å². The third kappa shape index (κ3) is 3.90. The monoisotopic (exact) mass is 384 g/mol. The maximum absolute atomic E-state index is 12.9. The molecule has 1 heterocycles. The number of rotatable bonds is 7. The van der Waals surface area contributed by atoms with Crippen molar-refractivity contribution in [2.45, 2.75) is 6.04 Å². The van der Waals surface area contributed by atoms with Crippen molar-refractivity contribution in [2.75, 3.05) is 27.4 Å². The van der Waals surface area contributed by atoms with Crippen LogP contribution in [0.3, 0.4) is 0 Å². The second-order valence-electron chi connectivity index (χ2n) is 6.04. The fraction of sp³-hybridized carbons (Fsp3) is 0.250. The van der Waals surface area contributed by atoms with E-state index in [1.807, 2.05) is 18.2 Å². The number of amides is 3. The molecule has 0 aliphatic carbocycles. The van der Waals surface area contributed by atoms with Crippen LogP contribution in [0, 0.1) is 0 Å². The Kier molecular flexibility index (Phi) is 5.78. The molecule has 1 fully saturated rings. The van der Waals surface area contributed by atoms with Gasteiger partial charge in [0.05, 0.1) is 32.4 Å². The van der Waals surface area contributed by atoms with E-state index in [-0.39, 0.29) is 18.7 Å². The normalized spacial score (nSPS) is 14.4. The van der Waals surface area contributed by atoms with Crippen LogP contribution in [0.4, 0.5) is 4.79 Å². The summed E-state index contributed by atoms with van der Waals surface area (Å²) >= 11 is 0. The van der Waals surface area contributed by atoms with E-state index in [1.54, 1.807) is 30.3 Å². The molecule has 0 bridgehead atoms. The van der Waals surface area contributed by atoms with E-state index in [1.165, 1.54) is 14.2 Å². The molecular formula is C20H20N2O6. The lowest BCUT2D eigenvalue weighted by Gasteiger charge is -2.23. The van der Waals surface area contributed by atoms with E-state index in [2.05, 4.69) is 5.32 Å². The maximum atomic E-state index is 12.9. The molecule has 2 aromatic carbocycles. The largest absolute Gasteiger partial charge is 0.493 e. The number of ether oxygens (including phenoxy) is 3. The predicted molar refractivity (Wildman–Crippen MR) is 99.3 cm³/mol. The first kappa shape index (κ1) is 19.2. The molecule has 0 saturated carbocycles. The van der Waals surface area contributed by atoms with Crippen LogP contribution in [0.1, 0.15) is 22.0 Å². The first-order valence-electron chi connectivity index (χ1n) is 8.59. The Bertz CT molecular complexity index is 868. The molecule has 0 aromatic heterocycles. The van der Waals surface area contributed by atoms with Crippen LogP contribution in [0.2, 0.25) is 0 Å². The first-order chi connectivity index (χ1) is 13.5. The number of cyclic esters (lactones) is 1. The van der Waals surface area contributed by atoms with Crippen LogP contribution in [-0.4, -0.2) is 50.2 Å². The van der Waals surface area contributed by atoms with Crippen molar-refractivity contribution < 1.29 is 28.6 Å². The first-order valence-corrected chi connectivity index (χ1v) is 8.59. The molecule has 1 N–H and O–H groups in total. The van der Waals surface area contributed by atoms with E-state index in [0.717, 1.165) is 10.5 Å².